The second-order valence-electron chi connectivity index (χ2n) is 13.2. The van der Waals surface area contributed by atoms with Crippen molar-refractivity contribution in [1.29, 1.82) is 0 Å². The zero-order valence-electron chi connectivity index (χ0n) is 30.0. The molecule has 264 valence electrons. The quantitative estimate of drug-likeness (QED) is 0.124. The minimum absolute atomic E-state index is 0.194. The van der Waals surface area contributed by atoms with Crippen LogP contribution in [0.4, 0.5) is 0 Å². The van der Waals surface area contributed by atoms with Crippen LogP contribution in [0, 0.1) is 27.7 Å². The zero-order valence-corrected chi connectivity index (χ0v) is 30.9. The summed E-state index contributed by atoms with van der Waals surface area (Å²) in [4.78, 5) is 24.6. The molecule has 0 saturated heterocycles. The molecular formula is C40H46O9P+. The van der Waals surface area contributed by atoms with Crippen molar-refractivity contribution in [2.24, 2.45) is 0 Å². The average molecular weight is 702 g/mol. The highest BCUT2D eigenvalue weighted by Crippen LogP contribution is 2.32. The van der Waals surface area contributed by atoms with E-state index in [1.165, 1.54) is 0 Å². The van der Waals surface area contributed by atoms with E-state index in [1.807, 2.05) is 104 Å². The Kier molecular flexibility index (Phi) is 12.7. The Balaban J connectivity index is 1.25. The van der Waals surface area contributed by atoms with Crippen molar-refractivity contribution in [3.05, 3.63) is 116 Å². The van der Waals surface area contributed by atoms with Gasteiger partial charge in [-0.15, -0.1) is 0 Å². The minimum atomic E-state index is -3.08. The van der Waals surface area contributed by atoms with Gasteiger partial charge in [-0.25, -0.2) is 9.59 Å². The van der Waals surface area contributed by atoms with E-state index >= 15 is 0 Å². The van der Waals surface area contributed by atoms with Crippen molar-refractivity contribution in [3.63, 3.8) is 0 Å². The summed E-state index contributed by atoms with van der Waals surface area (Å²) in [6.45, 7) is 14.9. The monoisotopic (exact) mass is 701 g/mol. The molecule has 0 saturated carbocycles. The van der Waals surface area contributed by atoms with Crippen LogP contribution in [-0.2, 0) is 36.0 Å². The number of phenolic OH excluding ortho intramolecular Hbond substituents is 2. The summed E-state index contributed by atoms with van der Waals surface area (Å²) >= 11 is 0. The van der Waals surface area contributed by atoms with Crippen molar-refractivity contribution in [2.45, 2.75) is 80.1 Å². The molecule has 0 spiro atoms. The normalized spacial score (nSPS) is 11.1. The molecule has 10 heteroatoms. The number of phenols is 2. The third-order valence-electron chi connectivity index (χ3n) is 8.59. The Bertz CT molecular complexity index is 1710. The number of carbonyl (C=O) groups excluding carboxylic acids is 2. The molecule has 50 heavy (non-hydrogen) atoms. The molecule has 4 aromatic carbocycles. The fraction of sp³-hybridized carbons (Fsp3) is 0.350. The maximum atomic E-state index is 12.3. The van der Waals surface area contributed by atoms with Crippen molar-refractivity contribution in [2.75, 3.05) is 13.2 Å². The minimum Gasteiger partial charge on any atom is -0.508 e. The zero-order chi connectivity index (χ0) is 36.7. The van der Waals surface area contributed by atoms with E-state index in [1.54, 1.807) is 12.1 Å². The van der Waals surface area contributed by atoms with Gasteiger partial charge < -0.3 is 19.7 Å². The smallest absolute Gasteiger partial charge is 0.508 e. The highest BCUT2D eigenvalue weighted by atomic mass is 31.1. The van der Waals surface area contributed by atoms with Crippen LogP contribution >= 0.6 is 8.25 Å². The number of hydrogen-bond donors (Lipinski definition) is 2. The summed E-state index contributed by atoms with van der Waals surface area (Å²) < 4.78 is 32.9. The fourth-order valence-electron chi connectivity index (χ4n) is 5.91. The first-order chi connectivity index (χ1) is 23.6. The fourth-order valence-corrected chi connectivity index (χ4v) is 6.39. The molecule has 9 nitrogen and oxygen atoms in total. The van der Waals surface area contributed by atoms with E-state index < -0.39 is 33.4 Å². The number of benzene rings is 4. The summed E-state index contributed by atoms with van der Waals surface area (Å²) in [5.41, 5.74) is 10.00. The van der Waals surface area contributed by atoms with Gasteiger partial charge >= 0.3 is 20.2 Å². The number of aromatic hydroxyl groups is 2. The number of ether oxygens (including phenoxy) is 2. The lowest BCUT2D eigenvalue weighted by Gasteiger charge is -2.15. The summed E-state index contributed by atoms with van der Waals surface area (Å²) in [5.74, 6) is -0.0775. The van der Waals surface area contributed by atoms with Gasteiger partial charge in [-0.2, -0.15) is 9.05 Å². The Morgan fingerprint density at radius 1 is 0.600 bits per heavy atom. The van der Waals surface area contributed by atoms with Crippen molar-refractivity contribution in [3.8, 4) is 23.0 Å². The molecule has 0 aliphatic rings. The van der Waals surface area contributed by atoms with E-state index in [-0.39, 0.29) is 23.3 Å². The molecule has 0 radical (unpaired) electrons. The second kappa shape index (κ2) is 16.7. The van der Waals surface area contributed by atoms with Crippen LogP contribution in [0.2, 0.25) is 0 Å². The van der Waals surface area contributed by atoms with Gasteiger partial charge in [0, 0.05) is 4.57 Å². The van der Waals surface area contributed by atoms with E-state index in [9.17, 15) is 24.4 Å². The summed E-state index contributed by atoms with van der Waals surface area (Å²) in [6, 6.07) is 18.5. The van der Waals surface area contributed by atoms with Gasteiger partial charge in [-0.1, -0.05) is 52.0 Å². The summed E-state index contributed by atoms with van der Waals surface area (Å²) in [5, 5.41) is 20.3. The number of aryl methyl sites for hydroxylation is 4. The van der Waals surface area contributed by atoms with Gasteiger partial charge in [-0.05, 0) is 144 Å². The molecule has 0 bridgehead atoms. The molecule has 0 unspecified atom stereocenters. The van der Waals surface area contributed by atoms with E-state index in [4.69, 9.17) is 18.5 Å². The van der Waals surface area contributed by atoms with Crippen molar-refractivity contribution < 1.29 is 42.9 Å². The highest BCUT2D eigenvalue weighted by molar-refractivity contribution is 7.34. The Hall–Kier alpha value is -4.88. The molecule has 0 amide bonds. The highest BCUT2D eigenvalue weighted by Gasteiger charge is 2.32. The Morgan fingerprint density at radius 3 is 1.26 bits per heavy atom. The maximum Gasteiger partial charge on any atom is 0.811 e. The van der Waals surface area contributed by atoms with Crippen molar-refractivity contribution >= 4 is 20.2 Å². The van der Waals surface area contributed by atoms with Gasteiger partial charge in [0.05, 0.1) is 0 Å². The molecule has 0 aliphatic heterocycles. The van der Waals surface area contributed by atoms with Gasteiger partial charge in [0.2, 0.25) is 0 Å². The molecule has 2 N–H and O–H groups in total. The number of rotatable bonds is 14. The Morgan fingerprint density at radius 2 is 0.940 bits per heavy atom. The third-order valence-corrected chi connectivity index (χ3v) is 9.30. The van der Waals surface area contributed by atoms with Crippen LogP contribution in [0.25, 0.3) is 0 Å². The van der Waals surface area contributed by atoms with E-state index in [0.717, 1.165) is 55.6 Å². The first-order valence-corrected chi connectivity index (χ1v) is 17.7. The molecular weight excluding hydrogens is 655 g/mol. The lowest BCUT2D eigenvalue weighted by Crippen LogP contribution is -2.15. The first-order valence-electron chi connectivity index (χ1n) is 16.6. The largest absolute Gasteiger partial charge is 0.811 e. The predicted molar refractivity (Wildman–Crippen MR) is 193 cm³/mol. The van der Waals surface area contributed by atoms with Gasteiger partial charge in [0.15, 0.2) is 13.2 Å². The second-order valence-corrected chi connectivity index (χ2v) is 14.1. The molecule has 4 rings (SSSR count). The van der Waals surface area contributed by atoms with Crippen molar-refractivity contribution in [1.82, 2.24) is 0 Å². The standard InChI is InChI=1S/C40H45O9P/c1-23(2)33-17-29(9-11-37(33)41)19-35-25(5)13-31(14-26(35)6)46-21-39(43)48-50(45)49-40(44)22-47-32-15-27(7)36(28(8)16-32)20-30-10-12-38(42)34(18-30)24(3)4/h9-18,23-24H,19-22H2,1-8H3,(H-,41,42)/p+1. The van der Waals surface area contributed by atoms with Crippen LogP contribution < -0.4 is 9.47 Å². The molecule has 0 aliphatic carbocycles. The summed E-state index contributed by atoms with van der Waals surface area (Å²) in [7, 11) is -3.08. The first kappa shape index (κ1) is 37.9. The number of hydrogen-bond acceptors (Lipinski definition) is 9. The van der Waals surface area contributed by atoms with Gasteiger partial charge in [-0.3, -0.25) is 0 Å². The summed E-state index contributed by atoms with van der Waals surface area (Å²) in [6.07, 6.45) is 1.33. The third kappa shape index (κ3) is 10.1. The SMILES string of the molecule is Cc1cc(OCC(=O)O[P+](=O)OC(=O)COc2cc(C)c(Cc3ccc(O)c(C(C)C)c3)c(C)c2)cc(C)c1Cc1ccc(O)c(C(C)C)c1. The maximum absolute atomic E-state index is 12.3. The van der Waals surface area contributed by atoms with Gasteiger partial charge in [0.1, 0.15) is 23.0 Å². The Labute approximate surface area is 295 Å². The number of carbonyl (C=O) groups is 2. The van der Waals surface area contributed by atoms with Crippen LogP contribution in [0.3, 0.4) is 0 Å². The van der Waals surface area contributed by atoms with Crippen LogP contribution in [0.5, 0.6) is 23.0 Å². The molecule has 0 fully saturated rings. The predicted octanol–water partition coefficient (Wildman–Crippen LogP) is 8.96. The van der Waals surface area contributed by atoms with Crippen LogP contribution in [-0.4, -0.2) is 35.4 Å². The average Bonchev–Trinajstić information content (AvgIpc) is 3.03. The van der Waals surface area contributed by atoms with Crippen LogP contribution in [0.15, 0.2) is 60.7 Å². The molecule has 0 atom stereocenters. The van der Waals surface area contributed by atoms with E-state index in [0.29, 0.717) is 24.3 Å². The topological polar surface area (TPSA) is 129 Å². The molecule has 0 heterocycles. The molecule has 0 aromatic heterocycles. The molecule has 4 aromatic rings. The van der Waals surface area contributed by atoms with E-state index in [2.05, 4.69) is 0 Å². The lowest BCUT2D eigenvalue weighted by molar-refractivity contribution is -0.140. The lowest BCUT2D eigenvalue weighted by atomic mass is 9.93. The van der Waals surface area contributed by atoms with Gasteiger partial charge in [0.25, 0.3) is 0 Å². The van der Waals surface area contributed by atoms with Crippen LogP contribution in [0.1, 0.15) is 95.2 Å².